The fraction of sp³-hybridized carbons (Fsp3) is 0.391. The number of carbonyl (C=O) groups is 2. The number of piperazine rings is 1. The SMILES string of the molecule is CSc1cccc(NC(=O)CN2CCN(CC(=O)Nc3c(C)cccc3C)CC2)c1. The lowest BCUT2D eigenvalue weighted by molar-refractivity contribution is -0.120. The van der Waals surface area contributed by atoms with Gasteiger partial charge in [-0.3, -0.25) is 19.4 Å². The maximum absolute atomic E-state index is 12.5. The van der Waals surface area contributed by atoms with Crippen molar-refractivity contribution in [2.45, 2.75) is 18.7 Å². The van der Waals surface area contributed by atoms with Crippen molar-refractivity contribution in [3.05, 3.63) is 53.6 Å². The number of thioether (sulfide) groups is 1. The molecule has 1 aliphatic heterocycles. The number of nitrogens with one attached hydrogen (secondary N) is 2. The van der Waals surface area contributed by atoms with Crippen LogP contribution < -0.4 is 10.6 Å². The number of anilines is 2. The lowest BCUT2D eigenvalue weighted by atomic mass is 10.1. The van der Waals surface area contributed by atoms with Gasteiger partial charge in [0.05, 0.1) is 13.1 Å². The number of rotatable bonds is 7. The molecule has 2 aromatic rings. The van der Waals surface area contributed by atoms with Gasteiger partial charge in [0.2, 0.25) is 11.8 Å². The van der Waals surface area contributed by atoms with Gasteiger partial charge in [-0.05, 0) is 49.4 Å². The van der Waals surface area contributed by atoms with Crippen molar-refractivity contribution in [1.82, 2.24) is 9.80 Å². The average molecular weight is 427 g/mol. The molecule has 0 spiro atoms. The first kappa shape index (κ1) is 22.3. The molecule has 1 saturated heterocycles. The topological polar surface area (TPSA) is 64.7 Å². The van der Waals surface area contributed by atoms with E-state index in [9.17, 15) is 9.59 Å². The van der Waals surface area contributed by atoms with Gasteiger partial charge in [0, 0.05) is 42.4 Å². The molecule has 1 heterocycles. The molecule has 3 rings (SSSR count). The van der Waals surface area contributed by atoms with Gasteiger partial charge in [0.1, 0.15) is 0 Å². The van der Waals surface area contributed by atoms with E-state index in [2.05, 4.69) is 20.4 Å². The summed E-state index contributed by atoms with van der Waals surface area (Å²) in [5.41, 5.74) is 3.88. The molecular weight excluding hydrogens is 396 g/mol. The predicted molar refractivity (Wildman–Crippen MR) is 124 cm³/mol. The standard InChI is InChI=1S/C23H30N4O2S/c1-17-6-4-7-18(2)23(17)25-22(29)16-27-12-10-26(11-13-27)15-21(28)24-19-8-5-9-20(14-19)30-3/h4-9,14H,10-13,15-16H2,1-3H3,(H,24,28)(H,25,29). The Morgan fingerprint density at radius 1 is 0.867 bits per heavy atom. The van der Waals surface area contributed by atoms with Gasteiger partial charge >= 0.3 is 0 Å². The summed E-state index contributed by atoms with van der Waals surface area (Å²) in [6.07, 6.45) is 2.02. The van der Waals surface area contributed by atoms with E-state index in [0.717, 1.165) is 53.6 Å². The average Bonchev–Trinajstić information content (AvgIpc) is 2.72. The van der Waals surface area contributed by atoms with Gasteiger partial charge in [-0.15, -0.1) is 11.8 Å². The van der Waals surface area contributed by atoms with Crippen LogP contribution in [0.3, 0.4) is 0 Å². The highest BCUT2D eigenvalue weighted by atomic mass is 32.2. The zero-order valence-electron chi connectivity index (χ0n) is 17.9. The number of amides is 2. The quantitative estimate of drug-likeness (QED) is 0.666. The van der Waals surface area contributed by atoms with Gasteiger partial charge < -0.3 is 10.6 Å². The first-order valence-electron chi connectivity index (χ1n) is 10.2. The molecular formula is C23H30N4O2S. The molecule has 2 aromatic carbocycles. The molecule has 160 valence electrons. The third-order valence-corrected chi connectivity index (χ3v) is 6.02. The van der Waals surface area contributed by atoms with E-state index in [0.29, 0.717) is 13.1 Å². The predicted octanol–water partition coefficient (Wildman–Crippen LogP) is 3.22. The van der Waals surface area contributed by atoms with Crippen LogP contribution in [0.15, 0.2) is 47.4 Å². The van der Waals surface area contributed by atoms with E-state index in [1.807, 2.05) is 62.6 Å². The zero-order valence-corrected chi connectivity index (χ0v) is 18.7. The van der Waals surface area contributed by atoms with E-state index in [1.54, 1.807) is 11.8 Å². The molecule has 2 amide bonds. The highest BCUT2D eigenvalue weighted by Crippen LogP contribution is 2.20. The van der Waals surface area contributed by atoms with Gasteiger partial charge in [-0.1, -0.05) is 24.3 Å². The van der Waals surface area contributed by atoms with Crippen LogP contribution in [0.5, 0.6) is 0 Å². The number of carbonyl (C=O) groups excluding carboxylic acids is 2. The molecule has 0 atom stereocenters. The fourth-order valence-corrected chi connectivity index (χ4v) is 4.06. The Labute approximate surface area is 183 Å². The second-order valence-electron chi connectivity index (χ2n) is 7.65. The lowest BCUT2D eigenvalue weighted by Crippen LogP contribution is -2.50. The summed E-state index contributed by atoms with van der Waals surface area (Å²) in [6, 6.07) is 13.9. The van der Waals surface area contributed by atoms with Gasteiger partial charge in [0.15, 0.2) is 0 Å². The van der Waals surface area contributed by atoms with Crippen LogP contribution in [0.2, 0.25) is 0 Å². The van der Waals surface area contributed by atoms with Crippen LogP contribution in [-0.2, 0) is 9.59 Å². The van der Waals surface area contributed by atoms with Crippen molar-refractivity contribution in [3.8, 4) is 0 Å². The van der Waals surface area contributed by atoms with E-state index < -0.39 is 0 Å². The van der Waals surface area contributed by atoms with Crippen molar-refractivity contribution in [2.24, 2.45) is 0 Å². The van der Waals surface area contributed by atoms with Gasteiger partial charge in [-0.25, -0.2) is 0 Å². The largest absolute Gasteiger partial charge is 0.325 e. The molecule has 0 saturated carbocycles. The van der Waals surface area contributed by atoms with E-state index >= 15 is 0 Å². The molecule has 2 N–H and O–H groups in total. The van der Waals surface area contributed by atoms with Crippen LogP contribution in [0.25, 0.3) is 0 Å². The summed E-state index contributed by atoms with van der Waals surface area (Å²) in [6.45, 7) is 7.84. The normalized spacial score (nSPS) is 15.0. The van der Waals surface area contributed by atoms with E-state index in [4.69, 9.17) is 0 Å². The Morgan fingerprint density at radius 3 is 1.97 bits per heavy atom. The molecule has 0 radical (unpaired) electrons. The smallest absolute Gasteiger partial charge is 0.238 e. The minimum Gasteiger partial charge on any atom is -0.325 e. The van der Waals surface area contributed by atoms with Crippen molar-refractivity contribution < 1.29 is 9.59 Å². The minimum absolute atomic E-state index is 0.00512. The first-order chi connectivity index (χ1) is 14.4. The van der Waals surface area contributed by atoms with Crippen molar-refractivity contribution in [3.63, 3.8) is 0 Å². The maximum atomic E-state index is 12.5. The maximum Gasteiger partial charge on any atom is 0.238 e. The number of benzene rings is 2. The molecule has 0 aromatic heterocycles. The third-order valence-electron chi connectivity index (χ3n) is 5.30. The molecule has 0 aliphatic carbocycles. The van der Waals surface area contributed by atoms with Gasteiger partial charge in [-0.2, -0.15) is 0 Å². The summed E-state index contributed by atoms with van der Waals surface area (Å²) >= 11 is 1.65. The summed E-state index contributed by atoms with van der Waals surface area (Å²) in [5.74, 6) is 0.00161. The Bertz CT molecular complexity index is 874. The highest BCUT2D eigenvalue weighted by Gasteiger charge is 2.21. The molecule has 0 bridgehead atoms. The molecule has 1 aliphatic rings. The molecule has 30 heavy (non-hydrogen) atoms. The Balaban J connectivity index is 1.42. The minimum atomic E-state index is -0.00512. The Kier molecular flexibility index (Phi) is 7.90. The van der Waals surface area contributed by atoms with Crippen LogP contribution >= 0.6 is 11.8 Å². The Hall–Kier alpha value is -2.35. The number of hydrogen-bond acceptors (Lipinski definition) is 5. The Morgan fingerprint density at radius 2 is 1.40 bits per heavy atom. The zero-order chi connectivity index (χ0) is 21.5. The highest BCUT2D eigenvalue weighted by molar-refractivity contribution is 7.98. The summed E-state index contributed by atoms with van der Waals surface area (Å²) in [4.78, 5) is 30.2. The first-order valence-corrected chi connectivity index (χ1v) is 11.4. The second-order valence-corrected chi connectivity index (χ2v) is 8.53. The number of nitrogens with zero attached hydrogens (tertiary/aromatic N) is 2. The summed E-state index contributed by atoms with van der Waals surface area (Å²) in [7, 11) is 0. The molecule has 1 fully saturated rings. The number of hydrogen-bond donors (Lipinski definition) is 2. The van der Waals surface area contributed by atoms with E-state index in [-0.39, 0.29) is 11.8 Å². The fourth-order valence-electron chi connectivity index (χ4n) is 3.60. The third kappa shape index (κ3) is 6.32. The summed E-state index contributed by atoms with van der Waals surface area (Å²) < 4.78 is 0. The summed E-state index contributed by atoms with van der Waals surface area (Å²) in [5, 5.41) is 6.02. The molecule has 0 unspecified atom stereocenters. The van der Waals surface area contributed by atoms with Crippen LogP contribution in [0.4, 0.5) is 11.4 Å². The van der Waals surface area contributed by atoms with Crippen LogP contribution in [-0.4, -0.2) is 67.1 Å². The van der Waals surface area contributed by atoms with Crippen molar-refractivity contribution in [1.29, 1.82) is 0 Å². The van der Waals surface area contributed by atoms with Gasteiger partial charge in [0.25, 0.3) is 0 Å². The number of para-hydroxylation sites is 1. The monoisotopic (exact) mass is 426 g/mol. The van der Waals surface area contributed by atoms with Crippen molar-refractivity contribution in [2.75, 3.05) is 56.2 Å². The van der Waals surface area contributed by atoms with E-state index in [1.165, 1.54) is 0 Å². The number of aryl methyl sites for hydroxylation is 2. The van der Waals surface area contributed by atoms with Crippen LogP contribution in [0.1, 0.15) is 11.1 Å². The molecule has 6 nitrogen and oxygen atoms in total. The molecule has 7 heteroatoms. The lowest BCUT2D eigenvalue weighted by Gasteiger charge is -2.33. The van der Waals surface area contributed by atoms with Crippen LogP contribution in [0, 0.1) is 13.8 Å². The van der Waals surface area contributed by atoms with Crippen molar-refractivity contribution >= 4 is 35.0 Å². The second kappa shape index (κ2) is 10.6.